The molecule has 1 heteroatoms. The Morgan fingerprint density at radius 2 is 2.00 bits per heavy atom. The molecule has 82 valence electrons. The van der Waals surface area contributed by atoms with Crippen LogP contribution >= 0.6 is 0 Å². The lowest BCUT2D eigenvalue weighted by atomic mass is 9.74. The second-order valence-corrected chi connectivity index (χ2v) is 5.17. The number of nitrogens with zero attached hydrogens (tertiary/aromatic N) is 1. The lowest BCUT2D eigenvalue weighted by molar-refractivity contribution is 0.0854. The van der Waals surface area contributed by atoms with E-state index in [0.717, 1.165) is 4.90 Å². The highest BCUT2D eigenvalue weighted by Gasteiger charge is 2.48. The molecule has 0 spiro atoms. The van der Waals surface area contributed by atoms with Crippen LogP contribution in [0.4, 0.5) is 0 Å². The van der Waals surface area contributed by atoms with Gasteiger partial charge in [-0.15, -0.1) is 0 Å². The van der Waals surface area contributed by atoms with Crippen LogP contribution in [0.2, 0.25) is 0 Å². The third-order valence-corrected chi connectivity index (χ3v) is 2.48. The summed E-state index contributed by atoms with van der Waals surface area (Å²) < 4.78 is 76.8. The van der Waals surface area contributed by atoms with Crippen LogP contribution < -0.4 is 0 Å². The molecule has 0 amide bonds. The Morgan fingerprint density at radius 1 is 1.36 bits per heavy atom. The number of rotatable bonds is 1. The summed E-state index contributed by atoms with van der Waals surface area (Å²) in [5.74, 6) is -5.21. The van der Waals surface area contributed by atoms with E-state index in [1.807, 2.05) is 0 Å². The molecule has 0 N–H and O–H groups in total. The summed E-state index contributed by atoms with van der Waals surface area (Å²) >= 11 is 0. The van der Waals surface area contributed by atoms with Gasteiger partial charge < -0.3 is 0 Å². The van der Waals surface area contributed by atoms with E-state index in [1.165, 1.54) is 20.8 Å². The summed E-state index contributed by atoms with van der Waals surface area (Å²) in [7, 11) is 0. The van der Waals surface area contributed by atoms with Crippen molar-refractivity contribution in [3.63, 3.8) is 0 Å². The van der Waals surface area contributed by atoms with Crippen molar-refractivity contribution in [3.8, 4) is 0 Å². The molecule has 2 rings (SSSR count). The Kier molecular flexibility index (Phi) is 0.942. The molecule has 3 unspecified atom stereocenters. The largest absolute Gasteiger partial charge is 0.298 e. The summed E-state index contributed by atoms with van der Waals surface area (Å²) in [6.45, 7) is 4.95. The first-order valence-electron chi connectivity index (χ1n) is 9.61. The summed E-state index contributed by atoms with van der Waals surface area (Å²) in [6.07, 6.45) is -5.62. The van der Waals surface area contributed by atoms with E-state index in [1.54, 1.807) is 13.8 Å². The molecule has 2 bridgehead atoms. The van der Waals surface area contributed by atoms with Gasteiger partial charge in [-0.05, 0) is 43.8 Å². The summed E-state index contributed by atoms with van der Waals surface area (Å²) in [4.78, 5) is 0.811. The van der Waals surface area contributed by atoms with Gasteiger partial charge in [-0.25, -0.2) is 0 Å². The average molecular weight is 204 g/mol. The van der Waals surface area contributed by atoms with Crippen molar-refractivity contribution in [2.75, 3.05) is 6.50 Å². The molecule has 1 saturated carbocycles. The minimum absolute atomic E-state index is 0.690. The second kappa shape index (κ2) is 3.23. The van der Waals surface area contributed by atoms with Gasteiger partial charge >= 0.3 is 0 Å². The molecule has 1 heterocycles. The SMILES string of the molecule is [2H]C1([2H])N(C(C)C)C2([2H])C([2H])([2H])C([2H])(C(C)(C)C)C1([2H])C2([2H])[2H]. The highest BCUT2D eigenvalue weighted by atomic mass is 15.2. The van der Waals surface area contributed by atoms with Crippen LogP contribution in [0, 0.1) is 17.2 Å². The minimum atomic E-state index is -2.87. The van der Waals surface area contributed by atoms with E-state index in [0.29, 0.717) is 0 Å². The van der Waals surface area contributed by atoms with Crippen LogP contribution in [0.25, 0.3) is 0 Å². The minimum Gasteiger partial charge on any atom is -0.298 e. The van der Waals surface area contributed by atoms with Crippen molar-refractivity contribution in [2.24, 2.45) is 17.2 Å². The van der Waals surface area contributed by atoms with Gasteiger partial charge in [-0.2, -0.15) is 0 Å². The maximum absolute atomic E-state index is 8.80. The fourth-order valence-electron chi connectivity index (χ4n) is 1.72. The van der Waals surface area contributed by atoms with Crippen molar-refractivity contribution in [2.45, 2.75) is 59.4 Å². The van der Waals surface area contributed by atoms with E-state index < -0.39 is 48.5 Å². The third-order valence-electron chi connectivity index (χ3n) is 2.48. The highest BCUT2D eigenvalue weighted by Crippen LogP contribution is 2.50. The highest BCUT2D eigenvalue weighted by molar-refractivity contribution is 5.01. The zero-order valence-corrected chi connectivity index (χ0v) is 9.52. The van der Waals surface area contributed by atoms with Crippen molar-refractivity contribution < 1.29 is 12.3 Å². The van der Waals surface area contributed by atoms with E-state index >= 15 is 0 Å². The standard InChI is InChI=1S/C13H25N/c1-9(2)14-8-10-6-11(14)7-12(10)13(3,4)5/h9-12H,6-8H2,1-5H3/i6D2,7D2,8D2,10D,11D,12D. The van der Waals surface area contributed by atoms with Crippen molar-refractivity contribution in [1.82, 2.24) is 4.90 Å². The molecule has 1 aliphatic carbocycles. The lowest BCUT2D eigenvalue weighted by Gasteiger charge is -2.39. The monoisotopic (exact) mass is 204 g/mol. The van der Waals surface area contributed by atoms with Gasteiger partial charge in [0.25, 0.3) is 0 Å². The quantitative estimate of drug-likeness (QED) is 0.634. The maximum atomic E-state index is 8.80. The number of hydrogen-bond acceptors (Lipinski definition) is 1. The first-order chi connectivity index (χ1) is 9.82. The average Bonchev–Trinajstić information content (AvgIpc) is 2.45. The Morgan fingerprint density at radius 3 is 2.50 bits per heavy atom. The van der Waals surface area contributed by atoms with Gasteiger partial charge in [0.15, 0.2) is 0 Å². The fourth-order valence-corrected chi connectivity index (χ4v) is 1.72. The van der Waals surface area contributed by atoms with Gasteiger partial charge in [0.1, 0.15) is 0 Å². The molecular weight excluding hydrogens is 170 g/mol. The van der Waals surface area contributed by atoms with Gasteiger partial charge in [0.05, 0.1) is 0 Å². The Balaban J connectivity index is 3.01. The summed E-state index contributed by atoms with van der Waals surface area (Å²) in [6, 6.07) is -3.36. The van der Waals surface area contributed by atoms with Crippen LogP contribution in [0.5, 0.6) is 0 Å². The molecule has 0 aromatic carbocycles. The Hall–Kier alpha value is -0.0400. The summed E-state index contributed by atoms with van der Waals surface area (Å²) in [5.41, 5.74) is -1.25. The first-order valence-corrected chi connectivity index (χ1v) is 5.11. The molecule has 1 aliphatic heterocycles. The molecule has 0 aromatic rings. The predicted molar refractivity (Wildman–Crippen MR) is 61.3 cm³/mol. The number of piperidine rings is 1. The lowest BCUT2D eigenvalue weighted by Crippen LogP contribution is -2.42. The van der Waals surface area contributed by atoms with Gasteiger partial charge in [-0.3, -0.25) is 4.90 Å². The topological polar surface area (TPSA) is 3.24 Å². The zero-order chi connectivity index (χ0) is 18.7. The van der Waals surface area contributed by atoms with Crippen LogP contribution in [0.15, 0.2) is 0 Å². The molecule has 0 radical (unpaired) electrons. The number of likely N-dealkylation sites (tertiary alicyclic amines) is 1. The van der Waals surface area contributed by atoms with E-state index in [-0.39, 0.29) is 0 Å². The first kappa shape index (κ1) is 4.08. The Labute approximate surface area is 102 Å². The predicted octanol–water partition coefficient (Wildman–Crippen LogP) is 3.15. The van der Waals surface area contributed by atoms with Gasteiger partial charge in [0.2, 0.25) is 0 Å². The maximum Gasteiger partial charge on any atom is 0.0467 e. The normalized spacial score (nSPS) is 74.6. The number of hydrogen-bond donors (Lipinski definition) is 0. The number of fused-ring (bicyclic) bond motifs is 2. The molecule has 2 fully saturated rings. The van der Waals surface area contributed by atoms with Crippen LogP contribution in [0.3, 0.4) is 0 Å². The molecule has 2 aliphatic rings. The molecule has 14 heavy (non-hydrogen) atoms. The van der Waals surface area contributed by atoms with Crippen molar-refractivity contribution in [1.29, 1.82) is 0 Å². The van der Waals surface area contributed by atoms with Gasteiger partial charge in [0, 0.05) is 30.9 Å². The fraction of sp³-hybridized carbons (Fsp3) is 1.00. The molecular formula is C13H25N. The molecule has 0 aromatic heterocycles. The van der Waals surface area contributed by atoms with Gasteiger partial charge in [-0.1, -0.05) is 20.8 Å². The van der Waals surface area contributed by atoms with Crippen LogP contribution in [0.1, 0.15) is 59.7 Å². The van der Waals surface area contributed by atoms with E-state index in [9.17, 15) is 0 Å². The molecule has 1 nitrogen and oxygen atoms in total. The molecule has 1 saturated heterocycles. The van der Waals surface area contributed by atoms with Crippen LogP contribution in [-0.2, 0) is 0 Å². The zero-order valence-electron chi connectivity index (χ0n) is 18.5. The van der Waals surface area contributed by atoms with E-state index in [2.05, 4.69) is 0 Å². The Bertz CT molecular complexity index is 540. The van der Waals surface area contributed by atoms with Crippen LogP contribution in [-0.4, -0.2) is 23.5 Å². The molecule has 3 atom stereocenters. The smallest absolute Gasteiger partial charge is 0.0467 e. The second-order valence-electron chi connectivity index (χ2n) is 5.17. The third kappa shape index (κ3) is 1.60. The van der Waals surface area contributed by atoms with Crippen molar-refractivity contribution in [3.05, 3.63) is 0 Å². The van der Waals surface area contributed by atoms with Crippen molar-refractivity contribution >= 4 is 0 Å². The van der Waals surface area contributed by atoms with E-state index in [4.69, 9.17) is 12.3 Å². The summed E-state index contributed by atoms with van der Waals surface area (Å²) in [5, 5.41) is 0.